The molecule has 1 aliphatic heterocycles. The van der Waals surface area contributed by atoms with Crippen molar-refractivity contribution < 1.29 is 19.1 Å². The molecular weight excluding hydrogens is 488 g/mol. The van der Waals surface area contributed by atoms with Crippen molar-refractivity contribution in [2.45, 2.75) is 45.6 Å². The van der Waals surface area contributed by atoms with Crippen LogP contribution in [0, 0.1) is 11.3 Å². The highest BCUT2D eigenvalue weighted by atomic mass is 32.1. The zero-order chi connectivity index (χ0) is 26.2. The number of nitriles is 1. The number of rotatable bonds is 9. The number of benzene rings is 1. The van der Waals surface area contributed by atoms with E-state index in [2.05, 4.69) is 16.4 Å². The molecule has 0 fully saturated rings. The van der Waals surface area contributed by atoms with Gasteiger partial charge in [0.15, 0.2) is 0 Å². The van der Waals surface area contributed by atoms with E-state index in [-0.39, 0.29) is 30.9 Å². The Balaban J connectivity index is 1.35. The number of pyridine rings is 1. The van der Waals surface area contributed by atoms with E-state index in [4.69, 9.17) is 9.47 Å². The Bertz CT molecular complexity index is 1290. The number of aromatic nitrogens is 1. The normalized spacial score (nSPS) is 13.3. The van der Waals surface area contributed by atoms with Gasteiger partial charge >= 0.3 is 6.09 Å². The van der Waals surface area contributed by atoms with Gasteiger partial charge in [-0.15, -0.1) is 11.3 Å². The molecule has 37 heavy (non-hydrogen) atoms. The van der Waals surface area contributed by atoms with Gasteiger partial charge in [0.25, 0.3) is 0 Å². The van der Waals surface area contributed by atoms with E-state index >= 15 is 0 Å². The lowest BCUT2D eigenvalue weighted by Gasteiger charge is -2.26. The number of hydrogen-bond acceptors (Lipinski definition) is 7. The van der Waals surface area contributed by atoms with Crippen LogP contribution < -0.4 is 10.1 Å². The molecule has 9 heteroatoms. The third-order valence-corrected chi connectivity index (χ3v) is 7.38. The maximum Gasteiger partial charge on any atom is 0.410 e. The fourth-order valence-electron chi connectivity index (χ4n) is 4.31. The van der Waals surface area contributed by atoms with E-state index in [0.29, 0.717) is 43.1 Å². The summed E-state index contributed by atoms with van der Waals surface area (Å²) in [6.07, 6.45) is 4.50. The molecule has 0 saturated heterocycles. The van der Waals surface area contributed by atoms with Gasteiger partial charge in [0, 0.05) is 36.7 Å². The van der Waals surface area contributed by atoms with Crippen LogP contribution in [-0.2, 0) is 28.9 Å². The number of hydrogen-bond donors (Lipinski definition) is 1. The summed E-state index contributed by atoms with van der Waals surface area (Å²) in [5, 5.41) is 13.3. The lowest BCUT2D eigenvalue weighted by Crippen LogP contribution is -2.36. The van der Waals surface area contributed by atoms with E-state index in [1.807, 2.05) is 50.2 Å². The molecule has 192 valence electrons. The molecule has 0 bridgehead atoms. The summed E-state index contributed by atoms with van der Waals surface area (Å²) in [5.41, 5.74) is 3.42. The van der Waals surface area contributed by atoms with Crippen molar-refractivity contribution in [2.75, 3.05) is 25.1 Å². The highest BCUT2D eigenvalue weighted by molar-refractivity contribution is 7.16. The smallest absolute Gasteiger partial charge is 0.410 e. The van der Waals surface area contributed by atoms with Gasteiger partial charge in [0.2, 0.25) is 5.91 Å². The first-order chi connectivity index (χ1) is 18.0. The van der Waals surface area contributed by atoms with Crippen LogP contribution in [0.4, 0.5) is 9.80 Å². The summed E-state index contributed by atoms with van der Waals surface area (Å²) in [6, 6.07) is 13.8. The van der Waals surface area contributed by atoms with Gasteiger partial charge in [0.05, 0.1) is 25.3 Å². The zero-order valence-electron chi connectivity index (χ0n) is 21.0. The fourth-order valence-corrected chi connectivity index (χ4v) is 5.54. The molecule has 0 radical (unpaired) electrons. The second kappa shape index (κ2) is 12.4. The molecule has 8 nitrogen and oxygen atoms in total. The van der Waals surface area contributed by atoms with Crippen LogP contribution in [-0.4, -0.2) is 41.6 Å². The molecule has 3 heterocycles. The molecule has 2 aromatic heterocycles. The summed E-state index contributed by atoms with van der Waals surface area (Å²) in [7, 11) is 0. The van der Waals surface area contributed by atoms with Crippen molar-refractivity contribution in [3.63, 3.8) is 0 Å². The lowest BCUT2D eigenvalue weighted by atomic mass is 9.97. The summed E-state index contributed by atoms with van der Waals surface area (Å²) < 4.78 is 11.0. The second-order valence-electron chi connectivity index (χ2n) is 8.88. The molecule has 4 rings (SSSR count). The van der Waals surface area contributed by atoms with Gasteiger partial charge in [-0.25, -0.2) is 4.79 Å². The number of fused-ring (bicyclic) bond motifs is 1. The SMILES string of the molecule is CCOc1cccc(C(C)CC(=O)Nc2sc3c(c2C#N)CCN(C(=O)OCCc2cccnc2)C3)c1. The van der Waals surface area contributed by atoms with Crippen LogP contribution in [0.1, 0.15) is 53.3 Å². The van der Waals surface area contributed by atoms with Crippen LogP contribution in [0.2, 0.25) is 0 Å². The van der Waals surface area contributed by atoms with Crippen LogP contribution >= 0.6 is 11.3 Å². The number of thiophene rings is 1. The predicted octanol–water partition coefficient (Wildman–Crippen LogP) is 5.28. The third kappa shape index (κ3) is 6.66. The summed E-state index contributed by atoms with van der Waals surface area (Å²) >= 11 is 1.36. The quantitative estimate of drug-likeness (QED) is 0.413. The number of nitrogens with one attached hydrogen (secondary N) is 1. The van der Waals surface area contributed by atoms with E-state index in [9.17, 15) is 14.9 Å². The number of carbonyl (C=O) groups excluding carboxylic acids is 2. The minimum absolute atomic E-state index is 0.0162. The maximum atomic E-state index is 12.9. The Morgan fingerprint density at radius 2 is 2.16 bits per heavy atom. The summed E-state index contributed by atoms with van der Waals surface area (Å²) in [6.45, 7) is 5.60. The molecule has 1 unspecified atom stereocenters. The molecule has 1 aliphatic rings. The van der Waals surface area contributed by atoms with Gasteiger partial charge in [-0.3, -0.25) is 9.78 Å². The first-order valence-electron chi connectivity index (χ1n) is 12.4. The highest BCUT2D eigenvalue weighted by Gasteiger charge is 2.28. The van der Waals surface area contributed by atoms with E-state index in [1.165, 1.54) is 11.3 Å². The Hall–Kier alpha value is -3.90. The Kier molecular flexibility index (Phi) is 8.75. The number of ether oxygens (including phenoxy) is 2. The van der Waals surface area contributed by atoms with Crippen LogP contribution in [0.15, 0.2) is 48.8 Å². The number of carbonyl (C=O) groups is 2. The fraction of sp³-hybridized carbons (Fsp3) is 0.357. The average molecular weight is 519 g/mol. The standard InChI is InChI=1S/C28H30N4O4S/c1-3-35-22-8-4-7-21(15-22)19(2)14-26(33)31-27-24(16-29)23-9-12-32(18-25(23)37-27)28(34)36-13-10-20-6-5-11-30-17-20/h4-8,11,15,17,19H,3,9-10,12-14,18H2,1-2H3,(H,31,33). The topological polar surface area (TPSA) is 105 Å². The van der Waals surface area contributed by atoms with Crippen molar-refractivity contribution >= 4 is 28.3 Å². The number of amides is 2. The molecule has 0 aliphatic carbocycles. The number of nitrogens with zero attached hydrogens (tertiary/aromatic N) is 3. The molecule has 0 saturated carbocycles. The minimum Gasteiger partial charge on any atom is -0.494 e. The minimum atomic E-state index is -0.379. The molecule has 1 atom stereocenters. The van der Waals surface area contributed by atoms with Crippen molar-refractivity contribution in [3.05, 3.63) is 75.9 Å². The van der Waals surface area contributed by atoms with Gasteiger partial charge < -0.3 is 19.7 Å². The summed E-state index contributed by atoms with van der Waals surface area (Å²) in [5.74, 6) is 0.610. The Morgan fingerprint density at radius 1 is 1.30 bits per heavy atom. The Labute approximate surface area is 220 Å². The first-order valence-corrected chi connectivity index (χ1v) is 13.2. The molecule has 1 aromatic carbocycles. The average Bonchev–Trinajstić information content (AvgIpc) is 3.25. The van der Waals surface area contributed by atoms with Gasteiger partial charge in [-0.05, 0) is 54.2 Å². The van der Waals surface area contributed by atoms with Gasteiger partial charge in [-0.2, -0.15) is 5.26 Å². The van der Waals surface area contributed by atoms with Crippen LogP contribution in [0.3, 0.4) is 0 Å². The largest absolute Gasteiger partial charge is 0.494 e. The molecular formula is C28H30N4O4S. The van der Waals surface area contributed by atoms with E-state index in [0.717, 1.165) is 27.3 Å². The molecule has 2 amide bonds. The van der Waals surface area contributed by atoms with Crippen LogP contribution in [0.25, 0.3) is 0 Å². The molecule has 0 spiro atoms. The van der Waals surface area contributed by atoms with E-state index < -0.39 is 0 Å². The predicted molar refractivity (Wildman–Crippen MR) is 142 cm³/mol. The molecule has 3 aromatic rings. The zero-order valence-corrected chi connectivity index (χ0v) is 21.8. The summed E-state index contributed by atoms with van der Waals surface area (Å²) in [4.78, 5) is 32.1. The van der Waals surface area contributed by atoms with Crippen molar-refractivity contribution in [3.8, 4) is 11.8 Å². The van der Waals surface area contributed by atoms with Crippen molar-refractivity contribution in [2.24, 2.45) is 0 Å². The lowest BCUT2D eigenvalue weighted by molar-refractivity contribution is -0.116. The first kappa shape index (κ1) is 26.2. The van der Waals surface area contributed by atoms with E-state index in [1.54, 1.807) is 17.3 Å². The maximum absolute atomic E-state index is 12.9. The van der Waals surface area contributed by atoms with Gasteiger partial charge in [0.1, 0.15) is 16.8 Å². The molecule has 1 N–H and O–H groups in total. The van der Waals surface area contributed by atoms with Gasteiger partial charge in [-0.1, -0.05) is 25.1 Å². The monoisotopic (exact) mass is 518 g/mol. The highest BCUT2D eigenvalue weighted by Crippen LogP contribution is 2.37. The Morgan fingerprint density at radius 3 is 2.92 bits per heavy atom. The second-order valence-corrected chi connectivity index (χ2v) is 9.98. The third-order valence-electron chi connectivity index (χ3n) is 6.25. The number of anilines is 1. The van der Waals surface area contributed by atoms with Crippen LogP contribution in [0.5, 0.6) is 5.75 Å². The van der Waals surface area contributed by atoms with Crippen molar-refractivity contribution in [1.82, 2.24) is 9.88 Å². The van der Waals surface area contributed by atoms with Crippen molar-refractivity contribution in [1.29, 1.82) is 5.26 Å².